The van der Waals surface area contributed by atoms with Crippen LogP contribution >= 0.6 is 0 Å². The van der Waals surface area contributed by atoms with Crippen molar-refractivity contribution in [3.05, 3.63) is 72.1 Å². The number of carbonyl (C=O) groups is 1. The highest BCUT2D eigenvalue weighted by Gasteiger charge is 2.32. The van der Waals surface area contributed by atoms with Gasteiger partial charge in [-0.3, -0.25) is 0 Å². The zero-order valence-electron chi connectivity index (χ0n) is 16.7. The van der Waals surface area contributed by atoms with E-state index in [0.717, 1.165) is 11.3 Å². The summed E-state index contributed by atoms with van der Waals surface area (Å²) >= 11 is 0. The summed E-state index contributed by atoms with van der Waals surface area (Å²) in [6.45, 7) is 4.66. The third-order valence-electron chi connectivity index (χ3n) is 4.36. The molecular formula is C23H22N2O5. The second kappa shape index (κ2) is 10.1. The van der Waals surface area contributed by atoms with Gasteiger partial charge in [-0.15, -0.1) is 0 Å². The molecule has 1 aliphatic heterocycles. The molecule has 0 bridgehead atoms. The number of esters is 1. The molecule has 2 aromatic carbocycles. The molecule has 0 saturated heterocycles. The fourth-order valence-electron chi connectivity index (χ4n) is 2.87. The van der Waals surface area contributed by atoms with E-state index in [-0.39, 0.29) is 24.7 Å². The number of hydrogen-bond acceptors (Lipinski definition) is 7. The Morgan fingerprint density at radius 3 is 2.63 bits per heavy atom. The first-order chi connectivity index (χ1) is 14.7. The Labute approximate surface area is 175 Å². The van der Waals surface area contributed by atoms with E-state index in [0.29, 0.717) is 24.7 Å². The third kappa shape index (κ3) is 4.80. The molecule has 3 rings (SSSR count). The molecule has 0 aromatic heterocycles. The molecule has 1 aliphatic rings. The monoisotopic (exact) mass is 406 g/mol. The van der Waals surface area contributed by atoms with Gasteiger partial charge in [-0.05, 0) is 29.8 Å². The van der Waals surface area contributed by atoms with Crippen molar-refractivity contribution < 1.29 is 23.7 Å². The number of nitrogens with zero attached hydrogens (tertiary/aromatic N) is 2. The molecule has 0 radical (unpaired) electrons. The van der Waals surface area contributed by atoms with Gasteiger partial charge in [0, 0.05) is 13.7 Å². The molecular weight excluding hydrogens is 384 g/mol. The van der Waals surface area contributed by atoms with Crippen LogP contribution in [0.15, 0.2) is 66.6 Å². The molecule has 0 atom stereocenters. The van der Waals surface area contributed by atoms with E-state index in [1.807, 2.05) is 36.4 Å². The van der Waals surface area contributed by atoms with E-state index in [2.05, 4.69) is 6.58 Å². The summed E-state index contributed by atoms with van der Waals surface area (Å²) in [5.41, 5.74) is 1.53. The first-order valence-corrected chi connectivity index (χ1v) is 9.38. The smallest absolute Gasteiger partial charge is 0.354 e. The lowest BCUT2D eigenvalue weighted by Crippen LogP contribution is -2.28. The summed E-state index contributed by atoms with van der Waals surface area (Å²) in [6.07, 6.45) is 1.74. The van der Waals surface area contributed by atoms with Gasteiger partial charge in [0.1, 0.15) is 25.0 Å². The molecule has 0 unspecified atom stereocenters. The number of hydrogen-bond donors (Lipinski definition) is 0. The van der Waals surface area contributed by atoms with Crippen molar-refractivity contribution in [2.45, 2.75) is 0 Å². The number of benzene rings is 2. The molecule has 1 heterocycles. The molecule has 0 amide bonds. The summed E-state index contributed by atoms with van der Waals surface area (Å²) in [5, 5.41) is 9.58. The number of anilines is 1. The summed E-state index contributed by atoms with van der Waals surface area (Å²) < 4.78 is 21.7. The number of ether oxygens (including phenoxy) is 4. The Kier molecular flexibility index (Phi) is 7.09. The lowest BCUT2D eigenvalue weighted by molar-refractivity contribution is -0.139. The van der Waals surface area contributed by atoms with Crippen LogP contribution in [0.1, 0.15) is 5.56 Å². The predicted octanol–water partition coefficient (Wildman–Crippen LogP) is 3.53. The largest absolute Gasteiger partial charge is 0.490 e. The zero-order chi connectivity index (χ0) is 21.3. The zero-order valence-corrected chi connectivity index (χ0v) is 16.7. The fourth-order valence-corrected chi connectivity index (χ4v) is 2.87. The van der Waals surface area contributed by atoms with Gasteiger partial charge in [-0.2, -0.15) is 5.26 Å². The van der Waals surface area contributed by atoms with Crippen molar-refractivity contribution in [2.75, 3.05) is 38.4 Å². The Morgan fingerprint density at radius 2 is 1.93 bits per heavy atom. The Morgan fingerprint density at radius 1 is 1.17 bits per heavy atom. The van der Waals surface area contributed by atoms with Crippen molar-refractivity contribution in [2.24, 2.45) is 0 Å². The van der Waals surface area contributed by atoms with Crippen molar-refractivity contribution in [3.63, 3.8) is 0 Å². The fraction of sp³-hybridized carbons (Fsp3) is 0.217. The maximum atomic E-state index is 12.5. The van der Waals surface area contributed by atoms with E-state index in [1.54, 1.807) is 36.3 Å². The van der Waals surface area contributed by atoms with Gasteiger partial charge in [0.2, 0.25) is 5.88 Å². The Bertz CT molecular complexity index is 976. The van der Waals surface area contributed by atoms with Crippen molar-refractivity contribution >= 4 is 17.7 Å². The normalized spacial score (nSPS) is 13.7. The average molecular weight is 406 g/mol. The molecule has 0 fully saturated rings. The molecule has 0 aliphatic carbocycles. The van der Waals surface area contributed by atoms with E-state index >= 15 is 0 Å². The number of nitriles is 1. The van der Waals surface area contributed by atoms with Crippen LogP contribution in [-0.4, -0.2) is 39.4 Å². The summed E-state index contributed by atoms with van der Waals surface area (Å²) in [4.78, 5) is 14.3. The third-order valence-corrected chi connectivity index (χ3v) is 4.36. The number of methoxy groups -OCH3 is 1. The van der Waals surface area contributed by atoms with Crippen molar-refractivity contribution in [1.82, 2.24) is 0 Å². The Hall–Kier alpha value is -3.76. The van der Waals surface area contributed by atoms with Crippen molar-refractivity contribution in [3.8, 4) is 17.6 Å². The molecule has 0 N–H and O–H groups in total. The van der Waals surface area contributed by atoms with Gasteiger partial charge in [-0.25, -0.2) is 4.79 Å². The topological polar surface area (TPSA) is 81.0 Å². The highest BCUT2D eigenvalue weighted by molar-refractivity contribution is 5.94. The molecule has 0 spiro atoms. The number of para-hydroxylation sites is 2. The van der Waals surface area contributed by atoms with Crippen LogP contribution in [0, 0.1) is 11.3 Å². The second-order valence-corrected chi connectivity index (χ2v) is 6.26. The van der Waals surface area contributed by atoms with Gasteiger partial charge in [0.15, 0.2) is 11.3 Å². The van der Waals surface area contributed by atoms with Crippen molar-refractivity contribution in [1.29, 1.82) is 5.26 Å². The van der Waals surface area contributed by atoms with Gasteiger partial charge in [-0.1, -0.05) is 36.9 Å². The standard InChI is InChI=1S/C23H22N2O5/c1-3-17-8-10-18(11-9-17)28-14-15-29-23(26)19(16-24)22-25(12-13-27-2)20-6-4-5-7-21(20)30-22/h3-11H,1,12-15H2,2H3/b22-19-. The number of rotatable bonds is 9. The summed E-state index contributed by atoms with van der Waals surface area (Å²) in [6, 6.07) is 16.6. The van der Waals surface area contributed by atoms with Gasteiger partial charge >= 0.3 is 5.97 Å². The molecule has 30 heavy (non-hydrogen) atoms. The minimum Gasteiger partial charge on any atom is -0.490 e. The number of fused-ring (bicyclic) bond motifs is 1. The van der Waals surface area contributed by atoms with Gasteiger partial charge in [0.05, 0.1) is 12.3 Å². The summed E-state index contributed by atoms with van der Waals surface area (Å²) in [5.74, 6) is 0.585. The second-order valence-electron chi connectivity index (χ2n) is 6.26. The van der Waals surface area contributed by atoms with Crippen LogP contribution in [0.3, 0.4) is 0 Å². The maximum absolute atomic E-state index is 12.5. The SMILES string of the molecule is C=Cc1ccc(OCCOC(=O)/C(C#N)=C2\Oc3ccccc3N2CCOC)cc1. The highest BCUT2D eigenvalue weighted by atomic mass is 16.6. The van der Waals surface area contributed by atoms with Crippen LogP contribution in [-0.2, 0) is 14.3 Å². The lowest BCUT2D eigenvalue weighted by atomic mass is 10.2. The molecule has 154 valence electrons. The molecule has 7 heteroatoms. The molecule has 7 nitrogen and oxygen atoms in total. The van der Waals surface area contributed by atoms with E-state index in [4.69, 9.17) is 18.9 Å². The van der Waals surface area contributed by atoms with E-state index in [9.17, 15) is 10.1 Å². The first-order valence-electron chi connectivity index (χ1n) is 9.38. The van der Waals surface area contributed by atoms with Crippen LogP contribution in [0.2, 0.25) is 0 Å². The van der Waals surface area contributed by atoms with Gasteiger partial charge in [0.25, 0.3) is 0 Å². The highest BCUT2D eigenvalue weighted by Crippen LogP contribution is 2.39. The molecule has 0 saturated carbocycles. The number of carbonyl (C=O) groups excluding carboxylic acids is 1. The van der Waals surface area contributed by atoms with E-state index < -0.39 is 5.97 Å². The minimum atomic E-state index is -0.770. The first kappa shape index (κ1) is 21.0. The predicted molar refractivity (Wildman–Crippen MR) is 112 cm³/mol. The van der Waals surface area contributed by atoms with Gasteiger partial charge < -0.3 is 23.8 Å². The van der Waals surface area contributed by atoms with Crippen LogP contribution in [0.5, 0.6) is 11.5 Å². The lowest BCUT2D eigenvalue weighted by Gasteiger charge is -2.18. The van der Waals surface area contributed by atoms with Crippen LogP contribution in [0.25, 0.3) is 6.08 Å². The van der Waals surface area contributed by atoms with Crippen LogP contribution in [0.4, 0.5) is 5.69 Å². The van der Waals surface area contributed by atoms with E-state index in [1.165, 1.54) is 0 Å². The quantitative estimate of drug-likeness (QED) is 0.273. The minimum absolute atomic E-state index is 0.00841. The average Bonchev–Trinajstić information content (AvgIpc) is 3.14. The Balaban J connectivity index is 1.64. The molecule has 2 aromatic rings. The van der Waals surface area contributed by atoms with Crippen LogP contribution < -0.4 is 14.4 Å². The maximum Gasteiger partial charge on any atom is 0.354 e. The summed E-state index contributed by atoms with van der Waals surface area (Å²) in [7, 11) is 1.58.